The molecule has 3 heterocycles. The molecule has 0 radical (unpaired) electrons. The molecule has 3 unspecified atom stereocenters. The van der Waals surface area contributed by atoms with Crippen molar-refractivity contribution in [3.8, 4) is 5.75 Å². The van der Waals surface area contributed by atoms with Gasteiger partial charge in [-0.05, 0) is 13.1 Å². The summed E-state index contributed by atoms with van der Waals surface area (Å²) in [6, 6.07) is 4.69. The predicted molar refractivity (Wildman–Crippen MR) is 77.6 cm³/mol. The van der Waals surface area contributed by atoms with E-state index in [1.807, 2.05) is 7.05 Å². The van der Waals surface area contributed by atoms with Crippen molar-refractivity contribution in [2.45, 2.75) is 24.5 Å². The second kappa shape index (κ2) is 4.42. The molecule has 0 spiro atoms. The smallest absolute Gasteiger partial charge is 0.269 e. The van der Waals surface area contributed by atoms with Gasteiger partial charge in [-0.2, -0.15) is 0 Å². The average Bonchev–Trinajstić information content (AvgIpc) is 2.46. The van der Waals surface area contributed by atoms with Gasteiger partial charge in [-0.25, -0.2) is 0 Å². The maximum absolute atomic E-state index is 12.1. The molecular weight excluding hydrogens is 286 g/mol. The largest absolute Gasteiger partial charge is 0.467 e. The molecule has 1 N–H and O–H groups in total. The van der Waals surface area contributed by atoms with Gasteiger partial charge in [0.25, 0.3) is 5.69 Å². The predicted octanol–water partition coefficient (Wildman–Crippen LogP) is 1.24. The van der Waals surface area contributed by atoms with E-state index in [1.54, 1.807) is 12.1 Å². The summed E-state index contributed by atoms with van der Waals surface area (Å²) in [6.45, 7) is 1.67. The molecule has 1 amide bonds. The maximum Gasteiger partial charge on any atom is 0.269 e. The number of piperidine rings is 2. The number of nitro groups is 1. The lowest BCUT2D eigenvalue weighted by atomic mass is 9.69. The normalized spacial score (nSPS) is 33.2. The lowest BCUT2D eigenvalue weighted by molar-refractivity contribution is -0.385. The van der Waals surface area contributed by atoms with Crippen molar-refractivity contribution in [2.75, 3.05) is 20.1 Å². The third kappa shape index (κ3) is 1.81. The molecule has 0 aromatic heterocycles. The summed E-state index contributed by atoms with van der Waals surface area (Å²) in [5.41, 5.74) is 0.181. The number of nitrogens with one attached hydrogen (secondary N) is 1. The third-order valence-electron chi connectivity index (χ3n) is 5.11. The molecule has 4 rings (SSSR count). The van der Waals surface area contributed by atoms with Gasteiger partial charge in [0.2, 0.25) is 5.91 Å². The summed E-state index contributed by atoms with van der Waals surface area (Å²) < 4.78 is 6.17. The SMILES string of the molecule is CN1CCC23NC(=O)CC(c4cc([N+](=O)[O-])ccc4O2)C3C1. The molecule has 0 aliphatic carbocycles. The number of benzene rings is 1. The van der Waals surface area contributed by atoms with Crippen LogP contribution in [0, 0.1) is 16.0 Å². The minimum Gasteiger partial charge on any atom is -0.467 e. The molecular formula is C15H17N3O4. The van der Waals surface area contributed by atoms with Crippen molar-refractivity contribution in [3.63, 3.8) is 0 Å². The number of hydrogen-bond donors (Lipinski definition) is 1. The molecule has 0 saturated carbocycles. The minimum absolute atomic E-state index is 0.0276. The van der Waals surface area contributed by atoms with Crippen LogP contribution in [0.5, 0.6) is 5.75 Å². The van der Waals surface area contributed by atoms with Crippen LogP contribution < -0.4 is 10.1 Å². The Morgan fingerprint density at radius 2 is 2.32 bits per heavy atom. The first-order valence-electron chi connectivity index (χ1n) is 7.45. The summed E-state index contributed by atoms with van der Waals surface area (Å²) in [5.74, 6) is 0.720. The summed E-state index contributed by atoms with van der Waals surface area (Å²) in [7, 11) is 2.05. The van der Waals surface area contributed by atoms with Gasteiger partial charge in [0.15, 0.2) is 5.72 Å². The monoisotopic (exact) mass is 303 g/mol. The molecule has 1 aromatic rings. The number of amides is 1. The molecule has 2 fully saturated rings. The number of nitro benzene ring substituents is 1. The van der Waals surface area contributed by atoms with Crippen molar-refractivity contribution in [1.82, 2.24) is 10.2 Å². The quantitative estimate of drug-likeness (QED) is 0.623. The van der Waals surface area contributed by atoms with Gasteiger partial charge in [-0.1, -0.05) is 0 Å². The fraction of sp³-hybridized carbons (Fsp3) is 0.533. The number of hydrogen-bond acceptors (Lipinski definition) is 5. The number of non-ortho nitro benzene ring substituents is 1. The van der Waals surface area contributed by atoms with Crippen LogP contribution in [0.25, 0.3) is 0 Å². The Labute approximate surface area is 127 Å². The zero-order valence-electron chi connectivity index (χ0n) is 12.2. The first-order valence-corrected chi connectivity index (χ1v) is 7.45. The molecule has 2 bridgehead atoms. The number of fused-ring (bicyclic) bond motifs is 2. The van der Waals surface area contributed by atoms with E-state index in [-0.39, 0.29) is 23.4 Å². The van der Waals surface area contributed by atoms with Crippen LogP contribution in [-0.2, 0) is 4.79 Å². The fourth-order valence-corrected chi connectivity index (χ4v) is 4.06. The number of ether oxygens (including phenoxy) is 1. The minimum atomic E-state index is -0.657. The highest BCUT2D eigenvalue weighted by Crippen LogP contribution is 2.51. The van der Waals surface area contributed by atoms with E-state index < -0.39 is 10.6 Å². The van der Waals surface area contributed by atoms with Crippen molar-refractivity contribution >= 4 is 11.6 Å². The van der Waals surface area contributed by atoms with Gasteiger partial charge in [-0.3, -0.25) is 14.9 Å². The zero-order valence-corrected chi connectivity index (χ0v) is 12.2. The van der Waals surface area contributed by atoms with Crippen molar-refractivity contribution < 1.29 is 14.5 Å². The maximum atomic E-state index is 12.1. The van der Waals surface area contributed by atoms with Gasteiger partial charge in [0.05, 0.1) is 4.92 Å². The molecule has 2 saturated heterocycles. The van der Waals surface area contributed by atoms with Crippen molar-refractivity contribution in [2.24, 2.45) is 5.92 Å². The molecule has 3 aliphatic heterocycles. The number of nitrogens with zero attached hydrogens (tertiary/aromatic N) is 2. The van der Waals surface area contributed by atoms with E-state index in [0.717, 1.165) is 25.1 Å². The average molecular weight is 303 g/mol. The summed E-state index contributed by atoms with van der Waals surface area (Å²) in [5, 5.41) is 14.1. The standard InChI is InChI=1S/C15H17N3O4/c1-17-5-4-15-12(8-17)10(7-14(19)16-15)11-6-9(18(20)21)2-3-13(11)22-15/h2-3,6,10,12H,4-5,7-8H2,1H3,(H,16,19). The first kappa shape index (κ1) is 13.5. The Morgan fingerprint density at radius 1 is 1.50 bits per heavy atom. The molecule has 3 atom stereocenters. The first-order chi connectivity index (χ1) is 10.5. The number of rotatable bonds is 1. The molecule has 3 aliphatic rings. The lowest BCUT2D eigenvalue weighted by Crippen LogP contribution is -2.69. The van der Waals surface area contributed by atoms with Crippen LogP contribution in [0.4, 0.5) is 5.69 Å². The molecule has 7 nitrogen and oxygen atoms in total. The van der Waals surface area contributed by atoms with E-state index in [4.69, 9.17) is 4.74 Å². The summed E-state index contributed by atoms with van der Waals surface area (Å²) in [6.07, 6.45) is 1.09. The van der Waals surface area contributed by atoms with Gasteiger partial charge in [0, 0.05) is 55.5 Å². The topological polar surface area (TPSA) is 84.7 Å². The van der Waals surface area contributed by atoms with Crippen molar-refractivity contribution in [3.05, 3.63) is 33.9 Å². The third-order valence-corrected chi connectivity index (χ3v) is 5.11. The van der Waals surface area contributed by atoms with Gasteiger partial charge in [-0.15, -0.1) is 0 Å². The van der Waals surface area contributed by atoms with Crippen LogP contribution in [0.15, 0.2) is 18.2 Å². The Balaban J connectivity index is 1.84. The van der Waals surface area contributed by atoms with E-state index in [9.17, 15) is 14.9 Å². The Morgan fingerprint density at radius 3 is 3.09 bits per heavy atom. The highest BCUT2D eigenvalue weighted by Gasteiger charge is 2.56. The van der Waals surface area contributed by atoms with E-state index in [2.05, 4.69) is 10.2 Å². The zero-order chi connectivity index (χ0) is 15.5. The van der Waals surface area contributed by atoms with Crippen LogP contribution in [-0.4, -0.2) is 41.6 Å². The van der Waals surface area contributed by atoms with E-state index in [1.165, 1.54) is 6.07 Å². The van der Waals surface area contributed by atoms with Gasteiger partial charge in [0.1, 0.15) is 5.75 Å². The second-order valence-electron chi connectivity index (χ2n) is 6.45. The number of carbonyl (C=O) groups excluding carboxylic acids is 1. The number of carbonyl (C=O) groups is 1. The molecule has 22 heavy (non-hydrogen) atoms. The molecule has 116 valence electrons. The van der Waals surface area contributed by atoms with Gasteiger partial charge >= 0.3 is 0 Å². The summed E-state index contributed by atoms with van der Waals surface area (Å²) in [4.78, 5) is 24.9. The fourth-order valence-electron chi connectivity index (χ4n) is 4.06. The molecule has 1 aromatic carbocycles. The second-order valence-corrected chi connectivity index (χ2v) is 6.45. The van der Waals surface area contributed by atoms with Crippen LogP contribution in [0.2, 0.25) is 0 Å². The van der Waals surface area contributed by atoms with Crippen LogP contribution in [0.3, 0.4) is 0 Å². The van der Waals surface area contributed by atoms with E-state index >= 15 is 0 Å². The Bertz CT molecular complexity index is 677. The van der Waals surface area contributed by atoms with Crippen LogP contribution >= 0.6 is 0 Å². The lowest BCUT2D eigenvalue weighted by Gasteiger charge is -2.55. The van der Waals surface area contributed by atoms with E-state index in [0.29, 0.717) is 12.2 Å². The molecule has 7 heteroatoms. The highest BCUT2D eigenvalue weighted by molar-refractivity contribution is 5.80. The highest BCUT2D eigenvalue weighted by atomic mass is 16.6. The number of likely N-dealkylation sites (tertiary alicyclic amines) is 1. The van der Waals surface area contributed by atoms with Gasteiger partial charge < -0.3 is 15.0 Å². The van der Waals surface area contributed by atoms with Crippen LogP contribution in [0.1, 0.15) is 24.3 Å². The summed E-state index contributed by atoms with van der Waals surface area (Å²) >= 11 is 0. The van der Waals surface area contributed by atoms with Crippen molar-refractivity contribution in [1.29, 1.82) is 0 Å². The Hall–Kier alpha value is -2.15. The Kier molecular flexibility index (Phi) is 2.72.